The zero-order valence-electron chi connectivity index (χ0n) is 13.2. The molecule has 1 unspecified atom stereocenters. The van der Waals surface area contributed by atoms with E-state index in [9.17, 15) is 18.0 Å². The summed E-state index contributed by atoms with van der Waals surface area (Å²) in [6, 6.07) is -0.235. The van der Waals surface area contributed by atoms with Gasteiger partial charge in [-0.1, -0.05) is 13.3 Å². The van der Waals surface area contributed by atoms with E-state index in [4.69, 9.17) is 0 Å². The Labute approximate surface area is 132 Å². The fourth-order valence-electron chi connectivity index (χ4n) is 3.11. The summed E-state index contributed by atoms with van der Waals surface area (Å²) in [5, 5.41) is 2.86. The number of sulfone groups is 1. The highest BCUT2D eigenvalue weighted by molar-refractivity contribution is 7.91. The number of nitrogens with one attached hydrogen (secondary N) is 1. The first-order valence-electron chi connectivity index (χ1n) is 8.20. The Morgan fingerprint density at radius 2 is 1.86 bits per heavy atom. The molecule has 2 amide bonds. The van der Waals surface area contributed by atoms with Gasteiger partial charge in [0.25, 0.3) is 0 Å². The monoisotopic (exact) mass is 330 g/mol. The van der Waals surface area contributed by atoms with Crippen LogP contribution in [0.25, 0.3) is 0 Å². The Bertz CT molecular complexity index is 510. The second kappa shape index (κ2) is 7.44. The topological polar surface area (TPSA) is 83.6 Å². The predicted molar refractivity (Wildman–Crippen MR) is 84.0 cm³/mol. The fourth-order valence-corrected chi connectivity index (χ4v) is 4.78. The molecule has 1 atom stereocenters. The van der Waals surface area contributed by atoms with Gasteiger partial charge < -0.3 is 10.2 Å². The number of amides is 2. The van der Waals surface area contributed by atoms with Crippen LogP contribution in [0.2, 0.25) is 0 Å². The van der Waals surface area contributed by atoms with Crippen LogP contribution in [0, 0.1) is 5.92 Å². The molecule has 0 aromatic heterocycles. The van der Waals surface area contributed by atoms with Crippen molar-refractivity contribution in [2.45, 2.75) is 51.5 Å². The average molecular weight is 330 g/mol. The number of nitrogens with zero attached hydrogens (tertiary/aromatic N) is 1. The van der Waals surface area contributed by atoms with Gasteiger partial charge >= 0.3 is 0 Å². The van der Waals surface area contributed by atoms with Crippen LogP contribution in [0.3, 0.4) is 0 Å². The lowest BCUT2D eigenvalue weighted by molar-refractivity contribution is -0.135. The van der Waals surface area contributed by atoms with Crippen LogP contribution in [-0.2, 0) is 19.4 Å². The zero-order valence-corrected chi connectivity index (χ0v) is 14.0. The lowest BCUT2D eigenvalue weighted by Gasteiger charge is -2.32. The maximum absolute atomic E-state index is 12.2. The van der Waals surface area contributed by atoms with E-state index in [-0.39, 0.29) is 35.3 Å². The molecule has 0 radical (unpaired) electrons. The fraction of sp³-hybridized carbons (Fsp3) is 0.867. The molecule has 0 aromatic carbocycles. The molecule has 2 aliphatic heterocycles. The molecule has 126 valence electrons. The van der Waals surface area contributed by atoms with Crippen LogP contribution in [-0.4, -0.2) is 55.8 Å². The molecule has 2 rings (SSSR count). The molecule has 0 saturated carbocycles. The molecule has 0 bridgehead atoms. The van der Waals surface area contributed by atoms with Gasteiger partial charge in [-0.3, -0.25) is 9.59 Å². The van der Waals surface area contributed by atoms with E-state index in [1.165, 1.54) is 0 Å². The molecular weight excluding hydrogens is 304 g/mol. The van der Waals surface area contributed by atoms with E-state index >= 15 is 0 Å². The van der Waals surface area contributed by atoms with E-state index in [0.29, 0.717) is 38.8 Å². The second-order valence-electron chi connectivity index (χ2n) is 6.37. The molecule has 6 nitrogen and oxygen atoms in total. The predicted octanol–water partition coefficient (Wildman–Crippen LogP) is 0.719. The average Bonchev–Trinajstić information content (AvgIpc) is 2.83. The summed E-state index contributed by atoms with van der Waals surface area (Å²) >= 11 is 0. The third kappa shape index (κ3) is 4.69. The quantitative estimate of drug-likeness (QED) is 0.805. The highest BCUT2D eigenvalue weighted by atomic mass is 32.2. The molecule has 2 fully saturated rings. The van der Waals surface area contributed by atoms with Gasteiger partial charge in [0.05, 0.1) is 11.5 Å². The summed E-state index contributed by atoms with van der Waals surface area (Å²) in [6.07, 6.45) is 4.37. The molecule has 0 aliphatic carbocycles. The summed E-state index contributed by atoms with van der Waals surface area (Å²) in [7, 11) is -2.97. The van der Waals surface area contributed by atoms with Crippen molar-refractivity contribution < 1.29 is 18.0 Å². The first-order chi connectivity index (χ1) is 10.4. The van der Waals surface area contributed by atoms with Gasteiger partial charge in [-0.25, -0.2) is 8.42 Å². The molecule has 0 spiro atoms. The normalized spacial score (nSPS) is 25.1. The Balaban J connectivity index is 1.74. The number of hydrogen-bond acceptors (Lipinski definition) is 4. The number of unbranched alkanes of at least 4 members (excludes halogenated alkanes) is 1. The van der Waals surface area contributed by atoms with Crippen molar-refractivity contribution in [3.8, 4) is 0 Å². The minimum Gasteiger partial charge on any atom is -0.352 e. The Morgan fingerprint density at radius 3 is 2.41 bits per heavy atom. The highest BCUT2D eigenvalue weighted by Gasteiger charge is 2.32. The summed E-state index contributed by atoms with van der Waals surface area (Å²) in [4.78, 5) is 26.0. The van der Waals surface area contributed by atoms with Crippen molar-refractivity contribution in [2.24, 2.45) is 5.92 Å². The second-order valence-corrected chi connectivity index (χ2v) is 8.60. The first-order valence-corrected chi connectivity index (χ1v) is 10.0. The SMILES string of the molecule is CCCCC(=O)N1CCC(C(=O)NC2CCS(=O)(=O)C2)CC1. The van der Waals surface area contributed by atoms with Gasteiger partial charge in [0.2, 0.25) is 11.8 Å². The number of rotatable bonds is 5. The molecule has 2 heterocycles. The number of carbonyl (C=O) groups excluding carboxylic acids is 2. The Kier molecular flexibility index (Phi) is 5.83. The van der Waals surface area contributed by atoms with Gasteiger partial charge in [0.15, 0.2) is 9.84 Å². The highest BCUT2D eigenvalue weighted by Crippen LogP contribution is 2.20. The summed E-state index contributed by atoms with van der Waals surface area (Å²) in [5.74, 6) is 0.263. The Hall–Kier alpha value is -1.11. The third-order valence-electron chi connectivity index (χ3n) is 4.54. The molecule has 2 aliphatic rings. The maximum atomic E-state index is 12.2. The number of hydrogen-bond donors (Lipinski definition) is 1. The van der Waals surface area contributed by atoms with Crippen molar-refractivity contribution >= 4 is 21.7 Å². The lowest BCUT2D eigenvalue weighted by atomic mass is 9.95. The van der Waals surface area contributed by atoms with E-state index < -0.39 is 9.84 Å². The minimum absolute atomic E-state index is 0.0530. The molecule has 1 N–H and O–H groups in total. The molecule has 0 aromatic rings. The molecule has 7 heteroatoms. The largest absolute Gasteiger partial charge is 0.352 e. The van der Waals surface area contributed by atoms with Crippen LogP contribution >= 0.6 is 0 Å². The van der Waals surface area contributed by atoms with Crippen molar-refractivity contribution in [1.82, 2.24) is 10.2 Å². The summed E-state index contributed by atoms with van der Waals surface area (Å²) in [5.41, 5.74) is 0. The third-order valence-corrected chi connectivity index (χ3v) is 6.31. The van der Waals surface area contributed by atoms with E-state index in [1.807, 2.05) is 4.90 Å². The zero-order chi connectivity index (χ0) is 16.2. The van der Waals surface area contributed by atoms with Crippen molar-refractivity contribution in [3.05, 3.63) is 0 Å². The van der Waals surface area contributed by atoms with Gasteiger partial charge in [0.1, 0.15) is 0 Å². The number of piperidine rings is 1. The van der Waals surface area contributed by atoms with Gasteiger partial charge in [-0.15, -0.1) is 0 Å². The summed E-state index contributed by atoms with van der Waals surface area (Å²) in [6.45, 7) is 3.32. The van der Waals surface area contributed by atoms with Crippen LogP contribution in [0.1, 0.15) is 45.4 Å². The van der Waals surface area contributed by atoms with Crippen molar-refractivity contribution in [1.29, 1.82) is 0 Å². The van der Waals surface area contributed by atoms with Gasteiger partial charge in [-0.2, -0.15) is 0 Å². The first kappa shape index (κ1) is 17.2. The summed E-state index contributed by atoms with van der Waals surface area (Å²) < 4.78 is 22.8. The maximum Gasteiger partial charge on any atom is 0.223 e. The lowest BCUT2D eigenvalue weighted by Crippen LogP contribution is -2.45. The van der Waals surface area contributed by atoms with Crippen LogP contribution in [0.15, 0.2) is 0 Å². The van der Waals surface area contributed by atoms with Crippen molar-refractivity contribution in [2.75, 3.05) is 24.6 Å². The standard InChI is InChI=1S/C15H26N2O4S/c1-2-3-4-14(18)17-8-5-12(6-9-17)15(19)16-13-7-10-22(20,21)11-13/h12-13H,2-11H2,1H3,(H,16,19). The van der Waals surface area contributed by atoms with E-state index in [1.54, 1.807) is 0 Å². The minimum atomic E-state index is -2.97. The number of likely N-dealkylation sites (tertiary alicyclic amines) is 1. The van der Waals surface area contributed by atoms with Gasteiger partial charge in [0, 0.05) is 31.5 Å². The van der Waals surface area contributed by atoms with E-state index in [0.717, 1.165) is 12.8 Å². The van der Waals surface area contributed by atoms with Crippen molar-refractivity contribution in [3.63, 3.8) is 0 Å². The van der Waals surface area contributed by atoms with Crippen LogP contribution in [0.4, 0.5) is 0 Å². The molecule has 2 saturated heterocycles. The molecular formula is C15H26N2O4S. The van der Waals surface area contributed by atoms with E-state index in [2.05, 4.69) is 12.2 Å². The van der Waals surface area contributed by atoms with Gasteiger partial charge in [-0.05, 0) is 25.7 Å². The number of carbonyl (C=O) groups is 2. The molecule has 22 heavy (non-hydrogen) atoms. The van der Waals surface area contributed by atoms with Crippen LogP contribution < -0.4 is 5.32 Å². The Morgan fingerprint density at radius 1 is 1.18 bits per heavy atom. The smallest absolute Gasteiger partial charge is 0.223 e. The van der Waals surface area contributed by atoms with Crippen LogP contribution in [0.5, 0.6) is 0 Å².